The zero-order valence-corrected chi connectivity index (χ0v) is 17.9. The summed E-state index contributed by atoms with van der Waals surface area (Å²) < 4.78 is 39.4. The lowest BCUT2D eigenvalue weighted by molar-refractivity contribution is -0.123. The number of nitrogens with one attached hydrogen (secondary N) is 4. The van der Waals surface area contributed by atoms with Crippen molar-refractivity contribution in [1.82, 2.24) is 25.3 Å². The third kappa shape index (κ3) is 8.22. The second-order valence-corrected chi connectivity index (χ2v) is 8.33. The van der Waals surface area contributed by atoms with Gasteiger partial charge in [0.15, 0.2) is 5.96 Å². The van der Waals surface area contributed by atoms with Gasteiger partial charge < -0.3 is 27.1 Å². The second-order valence-electron chi connectivity index (χ2n) is 6.65. The number of carbonyl (C=O) groups is 2. The summed E-state index contributed by atoms with van der Waals surface area (Å²) in [6.07, 6.45) is 4.11. The molecule has 0 bridgehead atoms. The molecule has 1 heterocycles. The Bertz CT molecular complexity index is 1020. The molecule has 12 nitrogen and oxygen atoms in total. The van der Waals surface area contributed by atoms with Gasteiger partial charge in [-0.2, -0.15) is 0 Å². The molecule has 8 N–H and O–H groups in total. The van der Waals surface area contributed by atoms with Crippen LogP contribution in [-0.4, -0.2) is 55.4 Å². The number of sulfonamides is 1. The number of hydrogen-bond donors (Lipinski definition) is 6. The minimum Gasteiger partial charge on any atom is -0.370 e. The number of carbonyl (C=O) groups excluding carboxylic acids is 2. The van der Waals surface area contributed by atoms with E-state index >= 15 is 0 Å². The van der Waals surface area contributed by atoms with Gasteiger partial charge in [-0.3, -0.25) is 9.79 Å². The van der Waals surface area contributed by atoms with Crippen molar-refractivity contribution in [1.29, 1.82) is 0 Å². The highest BCUT2D eigenvalue weighted by atomic mass is 32.2. The van der Waals surface area contributed by atoms with Gasteiger partial charge in [0.25, 0.3) is 10.0 Å². The second kappa shape index (κ2) is 11.6. The van der Waals surface area contributed by atoms with Gasteiger partial charge in [0.05, 0.1) is 11.2 Å². The first-order valence-electron chi connectivity index (χ1n) is 9.56. The van der Waals surface area contributed by atoms with Crippen molar-refractivity contribution in [3.05, 3.63) is 48.3 Å². The fraction of sp³-hybridized carbons (Fsp3) is 0.333. The van der Waals surface area contributed by atoms with Gasteiger partial charge in [-0.1, -0.05) is 0 Å². The van der Waals surface area contributed by atoms with Crippen LogP contribution in [0.15, 0.2) is 46.7 Å². The Balaban J connectivity index is 1.98. The van der Waals surface area contributed by atoms with Crippen molar-refractivity contribution in [2.45, 2.75) is 30.2 Å². The Hall–Kier alpha value is -3.68. The van der Waals surface area contributed by atoms with E-state index in [-0.39, 0.29) is 30.4 Å². The number of imidazole rings is 1. The standard InChI is InChI=1S/C18H25FN8O4S/c19-12-3-5-14(6-4-12)32(30,31)27-18(29)26-15(2-1-8-24-17(20)21)16(28)23-9-7-13-10-22-11-25-13/h3-6,10-11,15H,1-2,7-9H2,(H,22,25)(H,23,28)(H4,20,21,24)(H2,26,27,29)/t15-/m0/s1. The molecule has 0 unspecified atom stereocenters. The molecule has 1 atom stereocenters. The number of benzene rings is 1. The van der Waals surface area contributed by atoms with Crippen molar-refractivity contribution in [2.75, 3.05) is 13.1 Å². The third-order valence-electron chi connectivity index (χ3n) is 4.17. The van der Waals surface area contributed by atoms with Crippen LogP contribution in [0.5, 0.6) is 0 Å². The molecule has 14 heteroatoms. The molecule has 1 aromatic heterocycles. The topological polar surface area (TPSA) is 197 Å². The van der Waals surface area contributed by atoms with E-state index in [1.165, 1.54) is 6.33 Å². The third-order valence-corrected chi connectivity index (χ3v) is 5.51. The fourth-order valence-corrected chi connectivity index (χ4v) is 3.54. The maximum atomic E-state index is 13.0. The molecule has 0 saturated heterocycles. The van der Waals surface area contributed by atoms with Gasteiger partial charge in [0.2, 0.25) is 5.91 Å². The molecule has 0 radical (unpaired) electrons. The minimum atomic E-state index is -4.26. The molecule has 0 fully saturated rings. The summed E-state index contributed by atoms with van der Waals surface area (Å²) in [6.45, 7) is 0.486. The average molecular weight is 469 g/mol. The lowest BCUT2D eigenvalue weighted by atomic mass is 10.1. The zero-order chi connectivity index (χ0) is 23.6. The Kier molecular flexibility index (Phi) is 8.95. The van der Waals surface area contributed by atoms with E-state index in [9.17, 15) is 22.4 Å². The number of guanidine groups is 1. The molecule has 1 aromatic carbocycles. The van der Waals surface area contributed by atoms with Crippen LogP contribution in [0.1, 0.15) is 18.5 Å². The molecule has 32 heavy (non-hydrogen) atoms. The maximum Gasteiger partial charge on any atom is 0.329 e. The molecular weight excluding hydrogens is 443 g/mol. The number of H-pyrrole nitrogens is 1. The fourth-order valence-electron chi connectivity index (χ4n) is 2.62. The molecule has 0 aliphatic carbocycles. The molecule has 2 aromatic rings. The number of aliphatic imine (C=N–C) groups is 1. The Labute approximate surface area is 184 Å². The van der Waals surface area contributed by atoms with Crippen LogP contribution in [0.2, 0.25) is 0 Å². The first-order valence-corrected chi connectivity index (χ1v) is 11.0. The van der Waals surface area contributed by atoms with Crippen molar-refractivity contribution in [3.63, 3.8) is 0 Å². The number of nitrogens with two attached hydrogens (primary N) is 2. The lowest BCUT2D eigenvalue weighted by Gasteiger charge is -2.18. The highest BCUT2D eigenvalue weighted by Crippen LogP contribution is 2.09. The highest BCUT2D eigenvalue weighted by molar-refractivity contribution is 7.90. The van der Waals surface area contributed by atoms with Gasteiger partial charge in [-0.25, -0.2) is 27.3 Å². The predicted octanol–water partition coefficient (Wildman–Crippen LogP) is -0.682. The van der Waals surface area contributed by atoms with E-state index in [0.29, 0.717) is 12.8 Å². The largest absolute Gasteiger partial charge is 0.370 e. The summed E-state index contributed by atoms with van der Waals surface area (Å²) in [4.78, 5) is 35.1. The molecule has 2 rings (SSSR count). The van der Waals surface area contributed by atoms with Gasteiger partial charge >= 0.3 is 6.03 Å². The first-order chi connectivity index (χ1) is 15.2. The smallest absolute Gasteiger partial charge is 0.329 e. The van der Waals surface area contributed by atoms with Gasteiger partial charge in [-0.05, 0) is 37.1 Å². The summed E-state index contributed by atoms with van der Waals surface area (Å²) in [6, 6.07) is 1.77. The van der Waals surface area contributed by atoms with Crippen LogP contribution >= 0.6 is 0 Å². The number of urea groups is 1. The van der Waals surface area contributed by atoms with E-state index < -0.39 is 33.8 Å². The molecular formula is C18H25FN8O4S. The summed E-state index contributed by atoms with van der Waals surface area (Å²) >= 11 is 0. The van der Waals surface area contributed by atoms with Crippen LogP contribution in [0.25, 0.3) is 0 Å². The first kappa shape index (κ1) is 24.6. The van der Waals surface area contributed by atoms with E-state index in [0.717, 1.165) is 30.0 Å². The summed E-state index contributed by atoms with van der Waals surface area (Å²) in [5, 5.41) is 5.01. The van der Waals surface area contributed by atoms with Gasteiger partial charge in [0.1, 0.15) is 11.9 Å². The van der Waals surface area contributed by atoms with E-state index in [1.807, 2.05) is 0 Å². The lowest BCUT2D eigenvalue weighted by Crippen LogP contribution is -2.51. The van der Waals surface area contributed by atoms with Crippen LogP contribution in [-0.2, 0) is 21.2 Å². The van der Waals surface area contributed by atoms with Crippen molar-refractivity contribution < 1.29 is 22.4 Å². The highest BCUT2D eigenvalue weighted by Gasteiger charge is 2.24. The van der Waals surface area contributed by atoms with Gasteiger partial charge in [0, 0.05) is 31.4 Å². The minimum absolute atomic E-state index is 0.110. The maximum absolute atomic E-state index is 13.0. The van der Waals surface area contributed by atoms with E-state index in [1.54, 1.807) is 10.9 Å². The van der Waals surface area contributed by atoms with E-state index in [2.05, 4.69) is 25.6 Å². The molecule has 3 amide bonds. The summed E-state index contributed by atoms with van der Waals surface area (Å²) in [5.74, 6) is -1.24. The Morgan fingerprint density at radius 1 is 1.22 bits per heavy atom. The summed E-state index contributed by atoms with van der Waals surface area (Å²) in [5.41, 5.74) is 11.3. The normalized spacial score (nSPS) is 11.9. The van der Waals surface area contributed by atoms with Crippen molar-refractivity contribution in [2.24, 2.45) is 16.5 Å². The van der Waals surface area contributed by atoms with Crippen LogP contribution in [0, 0.1) is 5.82 Å². The molecule has 0 saturated carbocycles. The predicted molar refractivity (Wildman–Crippen MR) is 114 cm³/mol. The number of nitrogens with zero attached hydrogens (tertiary/aromatic N) is 2. The van der Waals surface area contributed by atoms with E-state index in [4.69, 9.17) is 11.5 Å². The molecule has 0 spiro atoms. The average Bonchev–Trinajstić information content (AvgIpc) is 3.23. The zero-order valence-electron chi connectivity index (χ0n) is 17.0. The number of amides is 3. The van der Waals surface area contributed by atoms with Crippen LogP contribution < -0.4 is 26.8 Å². The van der Waals surface area contributed by atoms with Gasteiger partial charge in [-0.15, -0.1) is 0 Å². The van der Waals surface area contributed by atoms with Crippen molar-refractivity contribution >= 4 is 27.9 Å². The Morgan fingerprint density at radius 2 is 1.94 bits per heavy atom. The summed E-state index contributed by atoms with van der Waals surface area (Å²) in [7, 11) is -4.26. The monoisotopic (exact) mass is 468 g/mol. The number of aromatic nitrogens is 2. The molecule has 0 aliphatic heterocycles. The number of hydrogen-bond acceptors (Lipinski definition) is 6. The molecule has 0 aliphatic rings. The van der Waals surface area contributed by atoms with Crippen molar-refractivity contribution in [3.8, 4) is 0 Å². The quantitative estimate of drug-likeness (QED) is 0.142. The number of halogens is 1. The Morgan fingerprint density at radius 3 is 2.56 bits per heavy atom. The van der Waals surface area contributed by atoms with Crippen LogP contribution in [0.3, 0.4) is 0 Å². The van der Waals surface area contributed by atoms with Crippen LogP contribution in [0.4, 0.5) is 9.18 Å². The molecule has 174 valence electrons. The SMILES string of the molecule is NC(N)=NCCC[C@H](NC(=O)NS(=O)(=O)c1ccc(F)cc1)C(=O)NCCc1cnc[nH]1. The number of rotatable bonds is 11. The number of aromatic amines is 1.